The van der Waals surface area contributed by atoms with Gasteiger partial charge in [-0.25, -0.2) is 0 Å². The summed E-state index contributed by atoms with van der Waals surface area (Å²) in [6, 6.07) is 4.44. The van der Waals surface area contributed by atoms with Crippen molar-refractivity contribution in [2.45, 2.75) is 105 Å². The largest absolute Gasteiger partial charge is 0.484 e. The Balaban J connectivity index is 3.72. The summed E-state index contributed by atoms with van der Waals surface area (Å²) in [7, 11) is 0. The average Bonchev–Trinajstić information content (AvgIpc) is 2.24. The third-order valence-corrected chi connectivity index (χ3v) is 3.55. The van der Waals surface area contributed by atoms with E-state index in [0.717, 1.165) is 11.5 Å². The maximum atomic E-state index is 6.38. The Labute approximate surface area is 149 Å². The first-order valence-corrected chi connectivity index (χ1v) is 8.97. The number of hydrogen-bond acceptors (Lipinski definition) is 2. The van der Waals surface area contributed by atoms with Gasteiger partial charge < -0.3 is 9.47 Å². The minimum absolute atomic E-state index is 0.0299. The molecule has 1 aromatic carbocycles. The highest BCUT2D eigenvalue weighted by atomic mass is 16.5. The Kier molecular flexibility index (Phi) is 5.46. The predicted octanol–water partition coefficient (Wildman–Crippen LogP) is 6.64. The van der Waals surface area contributed by atoms with Crippen LogP contribution < -0.4 is 9.47 Å². The zero-order valence-electron chi connectivity index (χ0n) is 18.0. The molecule has 0 fully saturated rings. The summed E-state index contributed by atoms with van der Waals surface area (Å²) in [5.74, 6) is 1.72. The zero-order chi connectivity index (χ0) is 19.1. The van der Waals surface area contributed by atoms with Gasteiger partial charge in [-0.15, -0.1) is 0 Å². The van der Waals surface area contributed by atoms with Crippen LogP contribution in [0.2, 0.25) is 0 Å². The molecule has 138 valence electrons. The van der Waals surface area contributed by atoms with Crippen LogP contribution in [0.15, 0.2) is 12.1 Å². The molecule has 0 atom stereocenters. The van der Waals surface area contributed by atoms with E-state index in [2.05, 4.69) is 95.2 Å². The second kappa shape index (κ2) is 6.28. The van der Waals surface area contributed by atoms with Crippen molar-refractivity contribution in [1.29, 1.82) is 0 Å². The Hall–Kier alpha value is -1.18. The summed E-state index contributed by atoms with van der Waals surface area (Å²) in [6.45, 7) is 25.9. The highest BCUT2D eigenvalue weighted by Crippen LogP contribution is 2.44. The van der Waals surface area contributed by atoms with E-state index in [9.17, 15) is 0 Å². The summed E-state index contributed by atoms with van der Waals surface area (Å²) in [5.41, 5.74) is 1.94. The van der Waals surface area contributed by atoms with Crippen molar-refractivity contribution in [3.05, 3.63) is 23.3 Å². The summed E-state index contributed by atoms with van der Waals surface area (Å²) in [6.07, 6.45) is 0. The van der Waals surface area contributed by atoms with E-state index < -0.39 is 0 Å². The van der Waals surface area contributed by atoms with Gasteiger partial charge in [0.15, 0.2) is 11.5 Å². The quantitative estimate of drug-likeness (QED) is 0.604. The molecular formula is C22H38O2. The van der Waals surface area contributed by atoms with Gasteiger partial charge in [0.1, 0.15) is 11.2 Å². The van der Waals surface area contributed by atoms with Crippen LogP contribution in [0.3, 0.4) is 0 Å². The molecule has 0 bridgehead atoms. The number of benzene rings is 1. The minimum Gasteiger partial charge on any atom is -0.484 e. The van der Waals surface area contributed by atoms with Gasteiger partial charge in [-0.3, -0.25) is 0 Å². The van der Waals surface area contributed by atoms with Crippen LogP contribution in [0.1, 0.15) is 94.2 Å². The average molecular weight is 335 g/mol. The number of ether oxygens (including phenoxy) is 2. The van der Waals surface area contributed by atoms with Gasteiger partial charge in [0.05, 0.1) is 0 Å². The van der Waals surface area contributed by atoms with E-state index in [1.165, 1.54) is 11.1 Å². The molecule has 0 aliphatic heterocycles. The molecule has 0 spiro atoms. The number of rotatable bonds is 2. The van der Waals surface area contributed by atoms with E-state index in [0.29, 0.717) is 0 Å². The van der Waals surface area contributed by atoms with Crippen molar-refractivity contribution in [1.82, 2.24) is 0 Å². The van der Waals surface area contributed by atoms with E-state index in [1.807, 2.05) is 0 Å². The molecule has 2 nitrogen and oxygen atoms in total. The third kappa shape index (κ3) is 6.03. The lowest BCUT2D eigenvalue weighted by atomic mass is 9.80. The van der Waals surface area contributed by atoms with E-state index in [4.69, 9.17) is 9.47 Å². The van der Waals surface area contributed by atoms with E-state index in [1.54, 1.807) is 0 Å². The van der Waals surface area contributed by atoms with Gasteiger partial charge in [-0.2, -0.15) is 0 Å². The molecule has 0 aliphatic carbocycles. The molecule has 0 N–H and O–H groups in total. The second-order valence-corrected chi connectivity index (χ2v) is 10.8. The van der Waals surface area contributed by atoms with Gasteiger partial charge in [-0.05, 0) is 64.0 Å². The van der Waals surface area contributed by atoms with Crippen molar-refractivity contribution in [3.63, 3.8) is 0 Å². The topological polar surface area (TPSA) is 18.5 Å². The molecule has 1 rings (SSSR count). The smallest absolute Gasteiger partial charge is 0.165 e. The molecule has 24 heavy (non-hydrogen) atoms. The highest BCUT2D eigenvalue weighted by Gasteiger charge is 2.30. The third-order valence-electron chi connectivity index (χ3n) is 3.55. The Morgan fingerprint density at radius 2 is 1.04 bits per heavy atom. The summed E-state index contributed by atoms with van der Waals surface area (Å²) in [5, 5.41) is 0. The van der Waals surface area contributed by atoms with Gasteiger partial charge in [0, 0.05) is 5.56 Å². The molecule has 0 saturated heterocycles. The first kappa shape index (κ1) is 20.9. The van der Waals surface area contributed by atoms with Gasteiger partial charge in [-0.1, -0.05) is 47.6 Å². The van der Waals surface area contributed by atoms with Crippen LogP contribution in [-0.4, -0.2) is 11.2 Å². The molecule has 2 heteroatoms. The summed E-state index contributed by atoms with van der Waals surface area (Å²) >= 11 is 0. The molecule has 1 aromatic rings. The van der Waals surface area contributed by atoms with Crippen molar-refractivity contribution in [2.24, 2.45) is 0 Å². The van der Waals surface area contributed by atoms with Crippen LogP contribution in [0.4, 0.5) is 0 Å². The number of hydrogen-bond donors (Lipinski definition) is 0. The van der Waals surface area contributed by atoms with Gasteiger partial charge in [0.2, 0.25) is 0 Å². The maximum Gasteiger partial charge on any atom is 0.165 e. The maximum absolute atomic E-state index is 6.38. The summed E-state index contributed by atoms with van der Waals surface area (Å²) in [4.78, 5) is 0. The fraction of sp³-hybridized carbons (Fsp3) is 0.727. The normalized spacial score (nSPS) is 13.8. The first-order valence-electron chi connectivity index (χ1n) is 8.97. The SMILES string of the molecule is CC(C)(C)Oc1cc(C(C)(C)C)cc(C(C)(C)C)c1OC(C)(C)C. The monoisotopic (exact) mass is 334 g/mol. The Morgan fingerprint density at radius 3 is 1.38 bits per heavy atom. The molecule has 0 aliphatic rings. The van der Waals surface area contributed by atoms with Crippen molar-refractivity contribution in [2.75, 3.05) is 0 Å². The lowest BCUT2D eigenvalue weighted by Crippen LogP contribution is -2.29. The zero-order valence-corrected chi connectivity index (χ0v) is 18.0. The fourth-order valence-electron chi connectivity index (χ4n) is 2.41. The van der Waals surface area contributed by atoms with Crippen LogP contribution in [0.25, 0.3) is 0 Å². The second-order valence-electron chi connectivity index (χ2n) is 10.8. The van der Waals surface area contributed by atoms with Crippen LogP contribution in [-0.2, 0) is 10.8 Å². The predicted molar refractivity (Wildman–Crippen MR) is 105 cm³/mol. The van der Waals surface area contributed by atoms with Crippen molar-refractivity contribution in [3.8, 4) is 11.5 Å². The van der Waals surface area contributed by atoms with E-state index >= 15 is 0 Å². The van der Waals surface area contributed by atoms with Crippen molar-refractivity contribution < 1.29 is 9.47 Å². The molecule has 0 saturated carbocycles. The van der Waals surface area contributed by atoms with Crippen molar-refractivity contribution >= 4 is 0 Å². The standard InChI is InChI=1S/C22H38O2/c1-19(2,3)15-13-16(20(4,5)6)18(24-22(10,11)12)17(14-15)23-21(7,8)9/h13-14H,1-12H3. The van der Waals surface area contributed by atoms with Gasteiger partial charge >= 0.3 is 0 Å². The Morgan fingerprint density at radius 1 is 0.583 bits per heavy atom. The van der Waals surface area contributed by atoms with Gasteiger partial charge in [0.25, 0.3) is 0 Å². The lowest BCUT2D eigenvalue weighted by Gasteiger charge is -2.34. The molecule has 0 unspecified atom stereocenters. The molecule has 0 heterocycles. The van der Waals surface area contributed by atoms with Crippen LogP contribution in [0.5, 0.6) is 11.5 Å². The van der Waals surface area contributed by atoms with Crippen LogP contribution in [0, 0.1) is 0 Å². The molecule has 0 aromatic heterocycles. The summed E-state index contributed by atoms with van der Waals surface area (Å²) < 4.78 is 12.7. The highest BCUT2D eigenvalue weighted by molar-refractivity contribution is 5.54. The Bertz CT molecular complexity index is 570. The van der Waals surface area contributed by atoms with E-state index in [-0.39, 0.29) is 22.0 Å². The molecule has 0 amide bonds. The van der Waals surface area contributed by atoms with Crippen LogP contribution >= 0.6 is 0 Å². The first-order chi connectivity index (χ1) is 10.4. The molecule has 0 radical (unpaired) electrons. The molecular weight excluding hydrogens is 296 g/mol. The lowest BCUT2D eigenvalue weighted by molar-refractivity contribution is 0.0933. The fourth-order valence-corrected chi connectivity index (χ4v) is 2.41. The minimum atomic E-state index is -0.279.